The van der Waals surface area contributed by atoms with E-state index in [4.69, 9.17) is 4.74 Å². The lowest BCUT2D eigenvalue weighted by Gasteiger charge is -2.17. The van der Waals surface area contributed by atoms with Crippen LogP contribution in [0.25, 0.3) is 22.3 Å². The van der Waals surface area contributed by atoms with Gasteiger partial charge in [0.05, 0.1) is 24.7 Å². The van der Waals surface area contributed by atoms with Gasteiger partial charge in [0.1, 0.15) is 11.6 Å². The van der Waals surface area contributed by atoms with Crippen molar-refractivity contribution in [3.8, 4) is 17.1 Å². The molecule has 1 aliphatic carbocycles. The maximum atomic E-state index is 12.9. The second kappa shape index (κ2) is 7.91. The molecule has 4 aromatic rings. The van der Waals surface area contributed by atoms with Crippen LogP contribution in [0.2, 0.25) is 0 Å². The van der Waals surface area contributed by atoms with Gasteiger partial charge in [-0.2, -0.15) is 5.10 Å². The Labute approximate surface area is 180 Å². The molecule has 7 heteroatoms. The number of para-hydroxylation sites is 1. The topological polar surface area (TPSA) is 95.7 Å². The Bertz CT molecular complexity index is 1240. The molecule has 1 aliphatic rings. The Balaban J connectivity index is 1.32. The summed E-state index contributed by atoms with van der Waals surface area (Å²) >= 11 is 0. The summed E-state index contributed by atoms with van der Waals surface area (Å²) < 4.78 is 5.18. The van der Waals surface area contributed by atoms with Crippen molar-refractivity contribution in [1.29, 1.82) is 0 Å². The molecule has 0 radical (unpaired) electrons. The number of rotatable bonds is 5. The second-order valence-corrected chi connectivity index (χ2v) is 8.18. The second-order valence-electron chi connectivity index (χ2n) is 8.18. The summed E-state index contributed by atoms with van der Waals surface area (Å²) in [6, 6.07) is 13.5. The van der Waals surface area contributed by atoms with E-state index in [-0.39, 0.29) is 12.5 Å². The fourth-order valence-electron chi connectivity index (χ4n) is 4.31. The molecule has 0 bridgehead atoms. The minimum absolute atomic E-state index is 0.125. The molecule has 158 valence electrons. The van der Waals surface area contributed by atoms with Crippen LogP contribution in [0.4, 0.5) is 0 Å². The summed E-state index contributed by atoms with van der Waals surface area (Å²) in [7, 11) is 1.63. The highest BCUT2D eigenvalue weighted by atomic mass is 16.5. The number of amides is 1. The minimum Gasteiger partial charge on any atom is -0.497 e. The third-order valence-electron chi connectivity index (χ3n) is 6.01. The number of aryl methyl sites for hydroxylation is 1. The van der Waals surface area contributed by atoms with Crippen molar-refractivity contribution in [3.05, 3.63) is 65.1 Å². The van der Waals surface area contributed by atoms with Crippen LogP contribution in [-0.2, 0) is 19.4 Å². The number of aromatic nitrogens is 4. The van der Waals surface area contributed by atoms with Gasteiger partial charge >= 0.3 is 0 Å². The molecule has 0 saturated carbocycles. The third-order valence-corrected chi connectivity index (χ3v) is 6.01. The fourth-order valence-corrected chi connectivity index (χ4v) is 4.31. The number of ether oxygens (including phenoxy) is 1. The van der Waals surface area contributed by atoms with E-state index in [2.05, 4.69) is 38.5 Å². The first-order chi connectivity index (χ1) is 15.1. The number of nitrogens with one attached hydrogen (secondary N) is 3. The van der Waals surface area contributed by atoms with Gasteiger partial charge in [-0.1, -0.05) is 19.1 Å². The Kier molecular flexibility index (Phi) is 4.94. The number of hydrogen-bond acceptors (Lipinski definition) is 4. The van der Waals surface area contributed by atoms with Crippen molar-refractivity contribution in [2.75, 3.05) is 7.11 Å². The van der Waals surface area contributed by atoms with Gasteiger partial charge in [0, 0.05) is 16.6 Å². The van der Waals surface area contributed by atoms with Crippen molar-refractivity contribution in [3.63, 3.8) is 0 Å². The zero-order valence-corrected chi connectivity index (χ0v) is 17.7. The average Bonchev–Trinajstić information content (AvgIpc) is 3.42. The van der Waals surface area contributed by atoms with E-state index in [9.17, 15) is 4.79 Å². The number of benzene rings is 2. The number of carbonyl (C=O) groups excluding carboxylic acids is 1. The molecule has 2 aromatic carbocycles. The molecule has 0 fully saturated rings. The van der Waals surface area contributed by atoms with Crippen molar-refractivity contribution >= 4 is 16.8 Å². The molecular formula is C24H25N5O2. The van der Waals surface area contributed by atoms with Crippen LogP contribution in [0.15, 0.2) is 42.5 Å². The molecule has 1 unspecified atom stereocenters. The molecule has 7 nitrogen and oxygen atoms in total. The number of aromatic amines is 2. The van der Waals surface area contributed by atoms with Crippen LogP contribution in [0.3, 0.4) is 0 Å². The number of carbonyl (C=O) groups is 1. The van der Waals surface area contributed by atoms with E-state index >= 15 is 0 Å². The van der Waals surface area contributed by atoms with E-state index < -0.39 is 0 Å². The number of hydrogen-bond donors (Lipinski definition) is 3. The molecule has 0 saturated heterocycles. The number of nitrogens with zero attached hydrogens (tertiary/aromatic N) is 2. The van der Waals surface area contributed by atoms with Crippen LogP contribution < -0.4 is 10.1 Å². The van der Waals surface area contributed by atoms with Crippen molar-refractivity contribution in [2.24, 2.45) is 5.92 Å². The van der Waals surface area contributed by atoms with Gasteiger partial charge in [-0.25, -0.2) is 4.98 Å². The first kappa shape index (κ1) is 19.4. The molecular weight excluding hydrogens is 390 g/mol. The van der Waals surface area contributed by atoms with Crippen LogP contribution in [-0.4, -0.2) is 33.2 Å². The molecule has 0 aliphatic heterocycles. The summed E-state index contributed by atoms with van der Waals surface area (Å²) in [5.41, 5.74) is 5.10. The summed E-state index contributed by atoms with van der Waals surface area (Å²) in [5, 5.41) is 11.3. The zero-order chi connectivity index (χ0) is 21.4. The molecule has 31 heavy (non-hydrogen) atoms. The lowest BCUT2D eigenvalue weighted by atomic mass is 9.87. The number of fused-ring (bicyclic) bond motifs is 3. The Hall–Kier alpha value is -3.61. The van der Waals surface area contributed by atoms with E-state index in [0.717, 1.165) is 35.1 Å². The highest BCUT2D eigenvalue weighted by Crippen LogP contribution is 2.33. The highest BCUT2D eigenvalue weighted by Gasteiger charge is 2.22. The standard InChI is InChI=1S/C24H25N5O2/c1-14-6-11-20-19(12-14)17-4-3-5-18(22(17)26-20)24(30)25-13-21-27-23(29-28-21)15-7-9-16(31-2)10-8-15/h3-5,7-10,14,26H,6,11-13H2,1-2H3,(H,25,30)(H,27,28,29). The fraction of sp³-hybridized carbons (Fsp3) is 0.292. The number of methoxy groups -OCH3 is 1. The van der Waals surface area contributed by atoms with E-state index in [1.165, 1.54) is 17.7 Å². The lowest BCUT2D eigenvalue weighted by molar-refractivity contribution is 0.0951. The Morgan fingerprint density at radius 3 is 2.87 bits per heavy atom. The Morgan fingerprint density at radius 2 is 2.06 bits per heavy atom. The van der Waals surface area contributed by atoms with Gasteiger partial charge in [-0.05, 0) is 61.1 Å². The first-order valence-electron chi connectivity index (χ1n) is 10.6. The third kappa shape index (κ3) is 3.67. The van der Waals surface area contributed by atoms with Crippen LogP contribution in [0.5, 0.6) is 5.75 Å². The molecule has 2 aromatic heterocycles. The van der Waals surface area contributed by atoms with Crippen molar-refractivity contribution in [2.45, 2.75) is 32.7 Å². The molecule has 0 spiro atoms. The predicted molar refractivity (Wildman–Crippen MR) is 119 cm³/mol. The largest absolute Gasteiger partial charge is 0.497 e. The molecule has 2 heterocycles. The molecule has 1 amide bonds. The summed E-state index contributed by atoms with van der Waals surface area (Å²) in [6.07, 6.45) is 3.29. The van der Waals surface area contributed by atoms with Gasteiger partial charge < -0.3 is 15.0 Å². The van der Waals surface area contributed by atoms with Crippen LogP contribution in [0.1, 0.15) is 40.8 Å². The summed E-state index contributed by atoms with van der Waals surface area (Å²) in [6.45, 7) is 2.56. The van der Waals surface area contributed by atoms with Gasteiger partial charge in [-0.15, -0.1) is 0 Å². The molecule has 3 N–H and O–H groups in total. The van der Waals surface area contributed by atoms with E-state index in [1.807, 2.05) is 36.4 Å². The quantitative estimate of drug-likeness (QED) is 0.459. The van der Waals surface area contributed by atoms with Crippen molar-refractivity contribution < 1.29 is 9.53 Å². The van der Waals surface area contributed by atoms with E-state index in [0.29, 0.717) is 23.1 Å². The summed E-state index contributed by atoms with van der Waals surface area (Å²) in [4.78, 5) is 21.0. The SMILES string of the molecule is COc1ccc(-c2n[nH]c(CNC(=O)c3cccc4c5c([nH]c34)CCC(C)C5)n2)cc1. The number of H-pyrrole nitrogens is 2. The predicted octanol–water partition coefficient (Wildman–Crippen LogP) is 4.02. The lowest BCUT2D eigenvalue weighted by Crippen LogP contribution is -2.23. The van der Waals surface area contributed by atoms with E-state index in [1.54, 1.807) is 7.11 Å². The van der Waals surface area contributed by atoms with Gasteiger partial charge in [0.15, 0.2) is 5.82 Å². The zero-order valence-electron chi connectivity index (χ0n) is 17.7. The maximum Gasteiger partial charge on any atom is 0.253 e. The van der Waals surface area contributed by atoms with Gasteiger partial charge in [0.25, 0.3) is 5.91 Å². The van der Waals surface area contributed by atoms with Gasteiger partial charge in [0.2, 0.25) is 0 Å². The minimum atomic E-state index is -0.125. The first-order valence-corrected chi connectivity index (χ1v) is 10.6. The summed E-state index contributed by atoms with van der Waals surface area (Å²) in [5.74, 6) is 2.52. The van der Waals surface area contributed by atoms with Gasteiger partial charge in [-0.3, -0.25) is 9.89 Å². The highest BCUT2D eigenvalue weighted by molar-refractivity contribution is 6.06. The average molecular weight is 415 g/mol. The van der Waals surface area contributed by atoms with Crippen LogP contribution in [0, 0.1) is 5.92 Å². The molecule has 5 rings (SSSR count). The van der Waals surface area contributed by atoms with Crippen molar-refractivity contribution in [1.82, 2.24) is 25.5 Å². The maximum absolute atomic E-state index is 12.9. The van der Waals surface area contributed by atoms with Crippen LogP contribution >= 0.6 is 0 Å². The monoisotopic (exact) mass is 415 g/mol. The Morgan fingerprint density at radius 1 is 1.23 bits per heavy atom. The smallest absolute Gasteiger partial charge is 0.253 e. The normalized spacial score (nSPS) is 15.6. The molecule has 1 atom stereocenters.